The van der Waals surface area contributed by atoms with Crippen LogP contribution in [-0.2, 0) is 25.6 Å². The van der Waals surface area contributed by atoms with E-state index in [1.165, 1.54) is 12.1 Å². The molecule has 3 N–H and O–H groups in total. The zero-order valence-corrected chi connectivity index (χ0v) is 31.5. The maximum Gasteiger partial charge on any atom is 0.309 e. The smallest absolute Gasteiger partial charge is 0.309 e. The van der Waals surface area contributed by atoms with Gasteiger partial charge in [-0.3, -0.25) is 14.4 Å². The first-order chi connectivity index (χ1) is 26.5. The second-order valence-electron chi connectivity index (χ2n) is 14.4. The number of allylic oxidation sites excluding steroid dienone is 2. The predicted molar refractivity (Wildman–Crippen MR) is 212 cm³/mol. The van der Waals surface area contributed by atoms with Crippen LogP contribution >= 0.6 is 0 Å². The Morgan fingerprint density at radius 1 is 0.873 bits per heavy atom. The summed E-state index contributed by atoms with van der Waals surface area (Å²) in [6.07, 6.45) is 2.57. The van der Waals surface area contributed by atoms with Crippen molar-refractivity contribution in [3.63, 3.8) is 0 Å². The molecule has 1 amide bonds. The van der Waals surface area contributed by atoms with Crippen molar-refractivity contribution in [2.24, 2.45) is 17.8 Å². The Balaban J connectivity index is 1.29. The summed E-state index contributed by atoms with van der Waals surface area (Å²) >= 11 is 0. The Morgan fingerprint density at radius 3 is 2.16 bits per heavy atom. The highest BCUT2D eigenvalue weighted by Gasteiger charge is 2.37. The lowest BCUT2D eigenvalue weighted by atomic mass is 9.94. The number of esters is 2. The highest BCUT2D eigenvalue weighted by atomic mass is 19.1. The van der Waals surface area contributed by atoms with E-state index in [1.807, 2.05) is 85.2 Å². The number of carbonyl (C=O) groups is 3. The maximum atomic E-state index is 14.3. The first kappa shape index (κ1) is 40.9. The third kappa shape index (κ3) is 10.5. The van der Waals surface area contributed by atoms with Crippen LogP contribution in [0, 0.1) is 23.6 Å². The number of nitrogens with one attached hydrogen (secondary N) is 1. The van der Waals surface area contributed by atoms with Crippen molar-refractivity contribution in [3.8, 4) is 22.4 Å². The van der Waals surface area contributed by atoms with Crippen molar-refractivity contribution in [3.05, 3.63) is 127 Å². The SMILES string of the molecule is C=CC1CC(C=C)C(C(=O)OCCOC(=O)C[C@H](O)C[C@H](O)CCn2c(-c3ccc(F)cc3)c(-c3ccccc3)c(C(=O)Nc3ccccc3)c2C(C)C)C1. The number of carbonyl (C=O) groups excluding carboxylic acids is 3. The van der Waals surface area contributed by atoms with Gasteiger partial charge < -0.3 is 29.6 Å². The summed E-state index contributed by atoms with van der Waals surface area (Å²) in [5.74, 6) is -1.96. The van der Waals surface area contributed by atoms with Gasteiger partial charge in [0.05, 0.1) is 35.8 Å². The van der Waals surface area contributed by atoms with E-state index in [9.17, 15) is 29.0 Å². The molecule has 1 saturated carbocycles. The zero-order valence-electron chi connectivity index (χ0n) is 31.5. The summed E-state index contributed by atoms with van der Waals surface area (Å²) in [6.45, 7) is 11.6. The first-order valence-electron chi connectivity index (χ1n) is 18.9. The minimum Gasteiger partial charge on any atom is -0.462 e. The third-order valence-electron chi connectivity index (χ3n) is 10.1. The lowest BCUT2D eigenvalue weighted by molar-refractivity contribution is -0.156. The largest absolute Gasteiger partial charge is 0.462 e. The van der Waals surface area contributed by atoms with Crippen LogP contribution in [0.1, 0.15) is 67.9 Å². The molecule has 5 rings (SSSR count). The van der Waals surface area contributed by atoms with Crippen molar-refractivity contribution in [2.75, 3.05) is 18.5 Å². The van der Waals surface area contributed by atoms with E-state index in [0.717, 1.165) is 17.7 Å². The zero-order chi connectivity index (χ0) is 39.5. The minimum atomic E-state index is -1.19. The van der Waals surface area contributed by atoms with Crippen LogP contribution in [0.5, 0.6) is 0 Å². The molecule has 1 aromatic heterocycles. The van der Waals surface area contributed by atoms with Gasteiger partial charge in [0.2, 0.25) is 0 Å². The number of halogens is 1. The van der Waals surface area contributed by atoms with Gasteiger partial charge in [-0.25, -0.2) is 4.39 Å². The van der Waals surface area contributed by atoms with Gasteiger partial charge >= 0.3 is 11.9 Å². The molecule has 290 valence electrons. The van der Waals surface area contributed by atoms with Gasteiger partial charge in [0.1, 0.15) is 19.0 Å². The molecular weight excluding hydrogens is 699 g/mol. The molecule has 1 heterocycles. The van der Waals surface area contributed by atoms with Gasteiger partial charge in [0, 0.05) is 23.5 Å². The topological polar surface area (TPSA) is 127 Å². The number of aliphatic hydroxyl groups excluding tert-OH is 2. The van der Waals surface area contributed by atoms with Gasteiger partial charge in [0.25, 0.3) is 5.91 Å². The number of para-hydroxylation sites is 1. The summed E-state index contributed by atoms with van der Waals surface area (Å²) in [5.41, 5.74) is 4.69. The molecule has 55 heavy (non-hydrogen) atoms. The van der Waals surface area contributed by atoms with E-state index < -0.39 is 24.0 Å². The van der Waals surface area contributed by atoms with Gasteiger partial charge in [-0.1, -0.05) is 74.5 Å². The number of aromatic nitrogens is 1. The summed E-state index contributed by atoms with van der Waals surface area (Å²) in [6, 6.07) is 24.8. The van der Waals surface area contributed by atoms with Gasteiger partial charge in [-0.15, -0.1) is 13.2 Å². The molecule has 0 saturated heterocycles. The highest BCUT2D eigenvalue weighted by Crippen LogP contribution is 2.43. The second kappa shape index (κ2) is 19.3. The Morgan fingerprint density at radius 2 is 1.53 bits per heavy atom. The summed E-state index contributed by atoms with van der Waals surface area (Å²) in [7, 11) is 0. The van der Waals surface area contributed by atoms with Crippen LogP contribution in [0.4, 0.5) is 10.1 Å². The molecule has 3 aromatic carbocycles. The summed E-state index contributed by atoms with van der Waals surface area (Å²) < 4.78 is 26.8. The maximum absolute atomic E-state index is 14.3. The number of anilines is 1. The van der Waals surface area contributed by atoms with E-state index >= 15 is 0 Å². The molecule has 5 atom stereocenters. The number of amides is 1. The number of nitrogens with zero attached hydrogens (tertiary/aromatic N) is 1. The fourth-order valence-corrected chi connectivity index (χ4v) is 7.49. The molecule has 4 aromatic rings. The van der Waals surface area contributed by atoms with Gasteiger partial charge in [-0.2, -0.15) is 0 Å². The Kier molecular flexibility index (Phi) is 14.4. The van der Waals surface area contributed by atoms with Crippen LogP contribution in [0.2, 0.25) is 0 Å². The molecule has 0 radical (unpaired) electrons. The number of hydrogen-bond acceptors (Lipinski definition) is 7. The van der Waals surface area contributed by atoms with Crippen LogP contribution < -0.4 is 5.32 Å². The normalized spacial score (nSPS) is 17.7. The van der Waals surface area contributed by atoms with Crippen LogP contribution in [0.25, 0.3) is 22.4 Å². The quantitative estimate of drug-likeness (QED) is 0.0530. The first-order valence-corrected chi connectivity index (χ1v) is 18.9. The van der Waals surface area contributed by atoms with Crippen molar-refractivity contribution >= 4 is 23.5 Å². The molecule has 0 aliphatic heterocycles. The molecule has 0 spiro atoms. The predicted octanol–water partition coefficient (Wildman–Crippen LogP) is 8.33. The summed E-state index contributed by atoms with van der Waals surface area (Å²) in [5, 5.41) is 24.9. The fourth-order valence-electron chi connectivity index (χ4n) is 7.49. The molecule has 1 fully saturated rings. The Hall–Kier alpha value is -5.32. The monoisotopic (exact) mass is 750 g/mol. The number of hydrogen-bond donors (Lipinski definition) is 3. The highest BCUT2D eigenvalue weighted by molar-refractivity contribution is 6.12. The average Bonchev–Trinajstić information content (AvgIpc) is 3.76. The van der Waals surface area contributed by atoms with E-state index in [-0.39, 0.29) is 74.6 Å². The molecule has 0 bridgehead atoms. The van der Waals surface area contributed by atoms with Gasteiger partial charge in [0.15, 0.2) is 0 Å². The summed E-state index contributed by atoms with van der Waals surface area (Å²) in [4.78, 5) is 39.4. The van der Waals surface area contributed by atoms with Crippen LogP contribution in [-0.4, -0.2) is 58.0 Å². The second-order valence-corrected chi connectivity index (χ2v) is 14.4. The van der Waals surface area contributed by atoms with Crippen molar-refractivity contribution in [1.29, 1.82) is 0 Å². The molecule has 9 nitrogen and oxygen atoms in total. The van der Waals surface area contributed by atoms with Crippen molar-refractivity contribution in [1.82, 2.24) is 4.57 Å². The minimum absolute atomic E-state index is 0.00991. The van der Waals surface area contributed by atoms with Crippen LogP contribution in [0.3, 0.4) is 0 Å². The third-order valence-corrected chi connectivity index (χ3v) is 10.1. The van der Waals surface area contributed by atoms with E-state index in [2.05, 4.69) is 18.5 Å². The van der Waals surface area contributed by atoms with E-state index in [1.54, 1.807) is 18.2 Å². The molecule has 1 aliphatic carbocycles. The lowest BCUT2D eigenvalue weighted by Crippen LogP contribution is -2.25. The van der Waals surface area contributed by atoms with Crippen molar-refractivity contribution < 1.29 is 38.5 Å². The molecule has 1 aliphatic rings. The lowest BCUT2D eigenvalue weighted by Gasteiger charge is -2.20. The number of ether oxygens (including phenoxy) is 2. The molecule has 10 heteroatoms. The number of aliphatic hydroxyl groups is 2. The van der Waals surface area contributed by atoms with Crippen molar-refractivity contribution in [2.45, 2.75) is 70.6 Å². The number of benzene rings is 3. The van der Waals surface area contributed by atoms with Crippen LogP contribution in [0.15, 0.2) is 110 Å². The fraction of sp³-hybridized carbons (Fsp3) is 0.356. The Bertz CT molecular complexity index is 1920. The average molecular weight is 751 g/mol. The Labute approximate surface area is 322 Å². The van der Waals surface area contributed by atoms with E-state index in [0.29, 0.717) is 34.5 Å². The van der Waals surface area contributed by atoms with E-state index in [4.69, 9.17) is 9.47 Å². The number of rotatable bonds is 18. The van der Waals surface area contributed by atoms with Gasteiger partial charge in [-0.05, 0) is 91.0 Å². The standard InChI is InChI=1S/C45H51FN2O7/c1-5-30-25-31(6-2)38(26-30)45(53)55-24-23-54-39(51)28-37(50)27-36(49)21-22-48-42(29(3)4)41(44(52)47-35-15-11-8-12-16-35)40(32-13-9-7-10-14-32)43(48)33-17-19-34(46)20-18-33/h5-20,29-31,36-38,49-50H,1-2,21-28H2,3-4H3,(H,47,52)/t30?,31?,36-,37-,38?/m1/s1. The molecule has 3 unspecified atom stereocenters. The molecular formula is C45H51FN2O7.